The van der Waals surface area contributed by atoms with E-state index in [-0.39, 0.29) is 6.79 Å². The van der Waals surface area contributed by atoms with Crippen molar-refractivity contribution in [2.24, 2.45) is 0 Å². The van der Waals surface area contributed by atoms with Gasteiger partial charge in [0.05, 0.1) is 18.1 Å². The van der Waals surface area contributed by atoms with E-state index in [1.54, 1.807) is 12.4 Å². The maximum Gasteiger partial charge on any atom is 0.231 e. The van der Waals surface area contributed by atoms with Crippen LogP contribution in [0.2, 0.25) is 0 Å². The normalized spacial score (nSPS) is 15.2. The topological polar surface area (TPSA) is 130 Å². The zero-order valence-corrected chi connectivity index (χ0v) is 16.4. The molecule has 1 fully saturated rings. The molecule has 31 heavy (non-hydrogen) atoms. The van der Waals surface area contributed by atoms with Gasteiger partial charge in [0.15, 0.2) is 17.3 Å². The van der Waals surface area contributed by atoms with Crippen LogP contribution in [0.1, 0.15) is 17.2 Å². The molecule has 2 aliphatic heterocycles. The van der Waals surface area contributed by atoms with Crippen LogP contribution in [0.4, 0.5) is 11.8 Å². The van der Waals surface area contributed by atoms with Gasteiger partial charge in [0.1, 0.15) is 11.5 Å². The maximum atomic E-state index is 5.43. The fourth-order valence-corrected chi connectivity index (χ4v) is 3.68. The standard InChI is InChI=1S/C20H19N9O2/c1-2-16-17(31-11-30-16)5-12(1)6-23-20-21-4-3-14(25-20)19-22-8-18(26-19)29-9-13(10-29)15-7-24-28-27-15/h1-5,7-8,13H,6,9-11H2,(H,22,26)(H,21,23,25)(H,24,27,28). The molecule has 5 heterocycles. The molecule has 4 aromatic rings. The van der Waals surface area contributed by atoms with Gasteiger partial charge in [-0.15, -0.1) is 0 Å². The van der Waals surface area contributed by atoms with Crippen LogP contribution in [-0.2, 0) is 6.54 Å². The first kappa shape index (κ1) is 17.7. The predicted octanol–water partition coefficient (Wildman–Crippen LogP) is 1.93. The molecule has 11 heteroatoms. The molecule has 3 N–H and O–H groups in total. The highest BCUT2D eigenvalue weighted by molar-refractivity contribution is 5.56. The van der Waals surface area contributed by atoms with Gasteiger partial charge in [-0.1, -0.05) is 6.07 Å². The van der Waals surface area contributed by atoms with Gasteiger partial charge in [0, 0.05) is 31.7 Å². The van der Waals surface area contributed by atoms with E-state index in [1.807, 2.05) is 30.5 Å². The minimum Gasteiger partial charge on any atom is -0.454 e. The Hall–Kier alpha value is -4.15. The molecule has 6 rings (SSSR count). The number of nitrogens with zero attached hydrogens (tertiary/aromatic N) is 6. The second-order valence-electron chi connectivity index (χ2n) is 7.42. The average molecular weight is 417 g/mol. The summed E-state index contributed by atoms with van der Waals surface area (Å²) >= 11 is 0. The van der Waals surface area contributed by atoms with Crippen molar-refractivity contribution in [2.45, 2.75) is 12.5 Å². The Labute approximate surface area is 176 Å². The van der Waals surface area contributed by atoms with Gasteiger partial charge in [-0.2, -0.15) is 15.4 Å². The second-order valence-corrected chi connectivity index (χ2v) is 7.42. The number of aromatic amines is 2. The quantitative estimate of drug-likeness (QED) is 0.431. The molecule has 0 spiro atoms. The van der Waals surface area contributed by atoms with Crippen molar-refractivity contribution in [2.75, 3.05) is 30.1 Å². The lowest BCUT2D eigenvalue weighted by Crippen LogP contribution is -2.45. The number of rotatable bonds is 6. The van der Waals surface area contributed by atoms with Crippen molar-refractivity contribution in [3.63, 3.8) is 0 Å². The highest BCUT2D eigenvalue weighted by Gasteiger charge is 2.31. The molecule has 156 valence electrons. The first-order chi connectivity index (χ1) is 15.3. The lowest BCUT2D eigenvalue weighted by molar-refractivity contribution is 0.174. The number of ether oxygens (including phenoxy) is 2. The number of imidazole rings is 1. The molecule has 0 amide bonds. The van der Waals surface area contributed by atoms with E-state index in [9.17, 15) is 0 Å². The van der Waals surface area contributed by atoms with Crippen molar-refractivity contribution in [3.8, 4) is 23.0 Å². The number of nitrogens with one attached hydrogen (secondary N) is 3. The van der Waals surface area contributed by atoms with Crippen molar-refractivity contribution in [3.05, 3.63) is 54.1 Å². The summed E-state index contributed by atoms with van der Waals surface area (Å²) in [7, 11) is 0. The van der Waals surface area contributed by atoms with Gasteiger partial charge >= 0.3 is 0 Å². The molecular weight excluding hydrogens is 398 g/mol. The largest absolute Gasteiger partial charge is 0.454 e. The highest BCUT2D eigenvalue weighted by atomic mass is 16.7. The summed E-state index contributed by atoms with van der Waals surface area (Å²) in [5.74, 6) is 4.11. The Kier molecular flexibility index (Phi) is 4.15. The summed E-state index contributed by atoms with van der Waals surface area (Å²) in [6.45, 7) is 2.59. The molecule has 1 aromatic carbocycles. The van der Waals surface area contributed by atoms with Crippen molar-refractivity contribution in [1.82, 2.24) is 35.3 Å². The number of hydrogen-bond acceptors (Lipinski definition) is 9. The van der Waals surface area contributed by atoms with Crippen LogP contribution in [-0.4, -0.2) is 55.2 Å². The molecule has 0 aliphatic carbocycles. The molecule has 0 bridgehead atoms. The first-order valence-corrected chi connectivity index (χ1v) is 9.93. The summed E-state index contributed by atoms with van der Waals surface area (Å²) in [6, 6.07) is 7.69. The van der Waals surface area contributed by atoms with E-state index < -0.39 is 0 Å². The Balaban J connectivity index is 1.11. The van der Waals surface area contributed by atoms with Crippen LogP contribution in [0.15, 0.2) is 42.9 Å². The number of anilines is 2. The van der Waals surface area contributed by atoms with Crippen molar-refractivity contribution in [1.29, 1.82) is 0 Å². The van der Waals surface area contributed by atoms with E-state index in [0.29, 0.717) is 24.2 Å². The van der Waals surface area contributed by atoms with Crippen LogP contribution in [0.3, 0.4) is 0 Å². The van der Waals surface area contributed by atoms with Crippen LogP contribution >= 0.6 is 0 Å². The molecule has 0 unspecified atom stereocenters. The smallest absolute Gasteiger partial charge is 0.231 e. The molecule has 0 radical (unpaired) electrons. The van der Waals surface area contributed by atoms with E-state index in [0.717, 1.165) is 47.4 Å². The molecule has 0 saturated carbocycles. The molecule has 2 aliphatic rings. The second kappa shape index (κ2) is 7.27. The first-order valence-electron chi connectivity index (χ1n) is 9.93. The summed E-state index contributed by atoms with van der Waals surface area (Å²) in [5.41, 5.74) is 2.77. The maximum absolute atomic E-state index is 5.43. The minimum absolute atomic E-state index is 0.265. The predicted molar refractivity (Wildman–Crippen MR) is 111 cm³/mol. The molecule has 0 atom stereocenters. The lowest BCUT2D eigenvalue weighted by atomic mass is 9.97. The van der Waals surface area contributed by atoms with E-state index in [1.165, 1.54) is 0 Å². The Morgan fingerprint density at radius 2 is 2.03 bits per heavy atom. The van der Waals surface area contributed by atoms with Crippen molar-refractivity contribution >= 4 is 11.8 Å². The van der Waals surface area contributed by atoms with Crippen LogP contribution < -0.4 is 19.7 Å². The van der Waals surface area contributed by atoms with Gasteiger partial charge in [0.25, 0.3) is 0 Å². The molecule has 1 saturated heterocycles. The van der Waals surface area contributed by atoms with Crippen LogP contribution in [0, 0.1) is 0 Å². The van der Waals surface area contributed by atoms with Gasteiger partial charge in [-0.05, 0) is 23.8 Å². The zero-order valence-electron chi connectivity index (χ0n) is 16.4. The lowest BCUT2D eigenvalue weighted by Gasteiger charge is -2.38. The third kappa shape index (κ3) is 3.39. The van der Waals surface area contributed by atoms with E-state index >= 15 is 0 Å². The van der Waals surface area contributed by atoms with Gasteiger partial charge in [-0.3, -0.25) is 0 Å². The van der Waals surface area contributed by atoms with Gasteiger partial charge < -0.3 is 24.7 Å². The fraction of sp³-hybridized carbons (Fsp3) is 0.250. The number of hydrogen-bond donors (Lipinski definition) is 3. The number of benzene rings is 1. The fourth-order valence-electron chi connectivity index (χ4n) is 3.68. The van der Waals surface area contributed by atoms with Gasteiger partial charge in [0.2, 0.25) is 12.7 Å². The van der Waals surface area contributed by atoms with Gasteiger partial charge in [-0.25, -0.2) is 15.0 Å². The molecule has 3 aromatic heterocycles. The molecular formula is C20H19N9O2. The number of H-pyrrole nitrogens is 2. The van der Waals surface area contributed by atoms with Crippen LogP contribution in [0.5, 0.6) is 11.5 Å². The third-order valence-corrected chi connectivity index (χ3v) is 5.42. The Morgan fingerprint density at radius 1 is 1.10 bits per heavy atom. The summed E-state index contributed by atoms with van der Waals surface area (Å²) in [5, 5.41) is 14.0. The Bertz CT molecular complexity index is 1200. The highest BCUT2D eigenvalue weighted by Crippen LogP contribution is 2.33. The van der Waals surface area contributed by atoms with E-state index in [4.69, 9.17) is 9.47 Å². The van der Waals surface area contributed by atoms with Crippen LogP contribution in [0.25, 0.3) is 11.5 Å². The molecule has 11 nitrogen and oxygen atoms in total. The van der Waals surface area contributed by atoms with E-state index in [2.05, 4.69) is 45.6 Å². The van der Waals surface area contributed by atoms with Crippen molar-refractivity contribution < 1.29 is 9.47 Å². The zero-order chi connectivity index (χ0) is 20.6. The monoisotopic (exact) mass is 417 g/mol. The summed E-state index contributed by atoms with van der Waals surface area (Å²) in [4.78, 5) is 19.0. The Morgan fingerprint density at radius 3 is 2.94 bits per heavy atom. The summed E-state index contributed by atoms with van der Waals surface area (Å²) in [6.07, 6.45) is 5.33. The number of aromatic nitrogens is 7. The minimum atomic E-state index is 0.265. The SMILES string of the molecule is c1cc(-c2ncc(N3CC(c4cn[nH]n4)C3)[nH]2)nc(NCc2ccc3c(c2)OCO3)n1. The number of fused-ring (bicyclic) bond motifs is 1. The third-order valence-electron chi connectivity index (χ3n) is 5.42. The summed E-state index contributed by atoms with van der Waals surface area (Å²) < 4.78 is 10.8. The average Bonchev–Trinajstić information content (AvgIpc) is 3.53.